The second kappa shape index (κ2) is 6.79. The molecule has 0 bridgehead atoms. The molecule has 2 heteroatoms. The Bertz CT molecular complexity index is 296. The van der Waals surface area contributed by atoms with Crippen molar-refractivity contribution in [2.24, 2.45) is 23.0 Å². The van der Waals surface area contributed by atoms with E-state index in [1.807, 2.05) is 0 Å². The molecule has 0 spiro atoms. The largest absolute Gasteiger partial charge is 0.389 e. The van der Waals surface area contributed by atoms with Gasteiger partial charge in [-0.3, -0.25) is 0 Å². The van der Waals surface area contributed by atoms with Crippen molar-refractivity contribution in [3.05, 3.63) is 0 Å². The van der Waals surface area contributed by atoms with Crippen molar-refractivity contribution < 1.29 is 5.11 Å². The van der Waals surface area contributed by atoms with Crippen LogP contribution in [-0.2, 0) is 0 Å². The van der Waals surface area contributed by atoms with Gasteiger partial charge in [0.05, 0.1) is 5.60 Å². The third-order valence-electron chi connectivity index (χ3n) is 6.53. The first-order chi connectivity index (χ1) is 9.59. The predicted octanol–water partition coefficient (Wildman–Crippen LogP) is 4.25. The van der Waals surface area contributed by atoms with Crippen LogP contribution in [0.5, 0.6) is 0 Å². The summed E-state index contributed by atoms with van der Waals surface area (Å²) < 4.78 is 0. The molecule has 2 aliphatic carbocycles. The van der Waals surface area contributed by atoms with Crippen LogP contribution in [0.15, 0.2) is 0 Å². The Morgan fingerprint density at radius 1 is 1.05 bits per heavy atom. The van der Waals surface area contributed by atoms with Crippen LogP contribution in [-0.4, -0.2) is 17.3 Å². The second-order valence-electron chi connectivity index (χ2n) is 7.62. The molecule has 0 saturated heterocycles. The molecule has 2 rings (SSSR count). The van der Waals surface area contributed by atoms with Crippen LogP contribution in [0.2, 0.25) is 0 Å². The van der Waals surface area contributed by atoms with Gasteiger partial charge in [-0.05, 0) is 50.4 Å². The van der Waals surface area contributed by atoms with Gasteiger partial charge in [-0.2, -0.15) is 0 Å². The molecule has 2 nitrogen and oxygen atoms in total. The van der Waals surface area contributed by atoms with E-state index in [2.05, 4.69) is 13.8 Å². The summed E-state index contributed by atoms with van der Waals surface area (Å²) in [5, 5.41) is 11.4. The van der Waals surface area contributed by atoms with E-state index in [4.69, 9.17) is 5.73 Å². The summed E-state index contributed by atoms with van der Waals surface area (Å²) in [6.07, 6.45) is 13.2. The lowest BCUT2D eigenvalue weighted by Crippen LogP contribution is -2.56. The molecule has 20 heavy (non-hydrogen) atoms. The van der Waals surface area contributed by atoms with E-state index >= 15 is 0 Å². The molecule has 0 aromatic rings. The molecule has 0 radical (unpaired) electrons. The lowest BCUT2D eigenvalue weighted by atomic mass is 9.55. The predicted molar refractivity (Wildman–Crippen MR) is 85.6 cm³/mol. The SMILES string of the molecule is CCCC1CCC(O)(C2(CN)CCCC(CC)C2)CC1. The van der Waals surface area contributed by atoms with Gasteiger partial charge in [-0.15, -0.1) is 0 Å². The molecule has 2 fully saturated rings. The molecule has 3 N–H and O–H groups in total. The van der Waals surface area contributed by atoms with Gasteiger partial charge >= 0.3 is 0 Å². The zero-order chi connectivity index (χ0) is 14.6. The van der Waals surface area contributed by atoms with E-state index < -0.39 is 5.60 Å². The van der Waals surface area contributed by atoms with E-state index in [1.165, 1.54) is 44.9 Å². The van der Waals surface area contributed by atoms with E-state index in [0.29, 0.717) is 6.54 Å². The molecule has 2 aliphatic rings. The van der Waals surface area contributed by atoms with Crippen LogP contribution in [0.25, 0.3) is 0 Å². The van der Waals surface area contributed by atoms with E-state index in [0.717, 1.165) is 37.5 Å². The summed E-state index contributed by atoms with van der Waals surface area (Å²) in [4.78, 5) is 0. The minimum atomic E-state index is -0.472. The van der Waals surface area contributed by atoms with Crippen molar-refractivity contribution in [3.63, 3.8) is 0 Å². The fourth-order valence-corrected chi connectivity index (χ4v) is 5.01. The average molecular weight is 281 g/mol. The van der Waals surface area contributed by atoms with Gasteiger partial charge in [0.2, 0.25) is 0 Å². The highest BCUT2D eigenvalue weighted by atomic mass is 16.3. The third kappa shape index (κ3) is 3.06. The molecule has 0 aromatic carbocycles. The normalized spacial score (nSPS) is 42.6. The molecule has 0 aliphatic heterocycles. The number of aliphatic hydroxyl groups is 1. The van der Waals surface area contributed by atoms with Crippen molar-refractivity contribution >= 4 is 0 Å². The number of rotatable bonds is 5. The average Bonchev–Trinajstić information content (AvgIpc) is 2.49. The highest BCUT2D eigenvalue weighted by Crippen LogP contribution is 2.53. The van der Waals surface area contributed by atoms with Crippen LogP contribution in [0.1, 0.15) is 84.5 Å². The van der Waals surface area contributed by atoms with E-state index in [9.17, 15) is 5.11 Å². The van der Waals surface area contributed by atoms with Crippen molar-refractivity contribution in [3.8, 4) is 0 Å². The highest BCUT2D eigenvalue weighted by Gasteiger charge is 2.52. The quantitative estimate of drug-likeness (QED) is 0.791. The molecule has 0 amide bonds. The Balaban J connectivity index is 2.06. The number of nitrogens with two attached hydrogens (primary N) is 1. The monoisotopic (exact) mass is 281 g/mol. The molecule has 2 saturated carbocycles. The first-order valence-corrected chi connectivity index (χ1v) is 9.01. The Kier molecular flexibility index (Phi) is 5.53. The maximum atomic E-state index is 11.4. The van der Waals surface area contributed by atoms with Crippen LogP contribution >= 0.6 is 0 Å². The second-order valence-corrected chi connectivity index (χ2v) is 7.62. The molecule has 118 valence electrons. The van der Waals surface area contributed by atoms with Crippen LogP contribution < -0.4 is 5.73 Å². The highest BCUT2D eigenvalue weighted by molar-refractivity contribution is 5.04. The molecule has 0 aromatic heterocycles. The van der Waals surface area contributed by atoms with Crippen molar-refractivity contribution in [1.29, 1.82) is 0 Å². The van der Waals surface area contributed by atoms with Gasteiger partial charge in [-0.1, -0.05) is 46.0 Å². The smallest absolute Gasteiger partial charge is 0.0716 e. The molecule has 2 unspecified atom stereocenters. The Hall–Kier alpha value is -0.0800. The lowest BCUT2D eigenvalue weighted by molar-refractivity contribution is -0.136. The van der Waals surface area contributed by atoms with Gasteiger partial charge < -0.3 is 10.8 Å². The molecule has 0 heterocycles. The zero-order valence-electron chi connectivity index (χ0n) is 13.7. The van der Waals surface area contributed by atoms with E-state index in [1.54, 1.807) is 0 Å². The molecule has 2 atom stereocenters. The number of hydrogen-bond donors (Lipinski definition) is 2. The number of hydrogen-bond acceptors (Lipinski definition) is 2. The summed E-state index contributed by atoms with van der Waals surface area (Å²) in [7, 11) is 0. The van der Waals surface area contributed by atoms with Gasteiger partial charge in [0.1, 0.15) is 0 Å². The van der Waals surface area contributed by atoms with Crippen molar-refractivity contribution in [2.45, 2.75) is 90.1 Å². The first kappa shape index (κ1) is 16.3. The van der Waals surface area contributed by atoms with Crippen molar-refractivity contribution in [1.82, 2.24) is 0 Å². The van der Waals surface area contributed by atoms with Crippen LogP contribution in [0.4, 0.5) is 0 Å². The summed E-state index contributed by atoms with van der Waals surface area (Å²) in [5.74, 6) is 1.63. The summed E-state index contributed by atoms with van der Waals surface area (Å²) >= 11 is 0. The Morgan fingerprint density at radius 3 is 2.30 bits per heavy atom. The maximum Gasteiger partial charge on any atom is 0.0716 e. The van der Waals surface area contributed by atoms with Gasteiger partial charge in [0.15, 0.2) is 0 Å². The summed E-state index contributed by atoms with van der Waals surface area (Å²) in [6.45, 7) is 5.24. The lowest BCUT2D eigenvalue weighted by Gasteiger charge is -2.53. The Labute approximate surface area is 125 Å². The third-order valence-corrected chi connectivity index (χ3v) is 6.53. The molecular formula is C18H35NO. The van der Waals surface area contributed by atoms with Gasteiger partial charge in [0, 0.05) is 12.0 Å². The van der Waals surface area contributed by atoms with Gasteiger partial charge in [-0.25, -0.2) is 0 Å². The Morgan fingerprint density at radius 2 is 1.75 bits per heavy atom. The maximum absolute atomic E-state index is 11.4. The summed E-state index contributed by atoms with van der Waals surface area (Å²) in [5.41, 5.74) is 5.75. The van der Waals surface area contributed by atoms with Crippen molar-refractivity contribution in [2.75, 3.05) is 6.54 Å². The molecular weight excluding hydrogens is 246 g/mol. The van der Waals surface area contributed by atoms with E-state index in [-0.39, 0.29) is 5.41 Å². The fourth-order valence-electron chi connectivity index (χ4n) is 5.01. The summed E-state index contributed by atoms with van der Waals surface area (Å²) in [6, 6.07) is 0. The van der Waals surface area contributed by atoms with Crippen LogP contribution in [0.3, 0.4) is 0 Å². The fraction of sp³-hybridized carbons (Fsp3) is 1.00. The zero-order valence-corrected chi connectivity index (χ0v) is 13.7. The first-order valence-electron chi connectivity index (χ1n) is 9.01. The topological polar surface area (TPSA) is 46.2 Å². The van der Waals surface area contributed by atoms with Crippen LogP contribution in [0, 0.1) is 17.3 Å². The minimum absolute atomic E-state index is 0.0170. The minimum Gasteiger partial charge on any atom is -0.389 e. The standard InChI is InChI=1S/C18H35NO/c1-3-6-16-8-11-18(20,12-9-16)17(14-19)10-5-7-15(4-2)13-17/h15-16,20H,3-14,19H2,1-2H3. The van der Waals surface area contributed by atoms with Gasteiger partial charge in [0.25, 0.3) is 0 Å².